The average molecular weight is 1360 g/mol. The predicted molar refractivity (Wildman–Crippen MR) is 350 cm³/mol. The van der Waals surface area contributed by atoms with Crippen molar-refractivity contribution in [3.63, 3.8) is 0 Å². The number of carbonyl (C=O) groups excluding carboxylic acids is 4. The fraction of sp³-hybridized carbons (Fsp3) is 0.714. The highest BCUT2D eigenvalue weighted by Gasteiger charge is 2.39. The number of piperidine rings is 4. The van der Waals surface area contributed by atoms with E-state index < -0.39 is 53.7 Å². The molecule has 90 heavy (non-hydrogen) atoms. The van der Waals surface area contributed by atoms with Gasteiger partial charge in [-0.05, 0) is 159 Å². The summed E-state index contributed by atoms with van der Waals surface area (Å²) in [7, 11) is -7.21. The van der Waals surface area contributed by atoms with Crippen LogP contribution in [0.3, 0.4) is 0 Å². The van der Waals surface area contributed by atoms with E-state index >= 15 is 0 Å². The molecule has 508 valence electrons. The maximum Gasteiger partial charge on any atom is 0.410 e. The van der Waals surface area contributed by atoms with Gasteiger partial charge < -0.3 is 52.5 Å². The molecule has 0 unspecified atom stereocenters. The molecule has 0 atom stereocenters. The molecule has 4 aromatic rings. The van der Waals surface area contributed by atoms with E-state index in [1.54, 1.807) is 64.3 Å². The molecule has 4 aliphatic heterocycles. The van der Waals surface area contributed by atoms with Crippen molar-refractivity contribution in [2.75, 3.05) is 58.6 Å². The van der Waals surface area contributed by atoms with Gasteiger partial charge >= 0.3 is 24.4 Å². The van der Waals surface area contributed by atoms with E-state index in [-0.39, 0.29) is 56.8 Å². The van der Waals surface area contributed by atoms with Crippen LogP contribution in [0.1, 0.15) is 188 Å². The highest BCUT2D eigenvalue weighted by Crippen LogP contribution is 2.42. The van der Waals surface area contributed by atoms with Crippen LogP contribution in [-0.4, -0.2) is 180 Å². The Bertz CT molecular complexity index is 3320. The Morgan fingerprint density at radius 1 is 0.511 bits per heavy atom. The van der Waals surface area contributed by atoms with Gasteiger partial charge in [-0.15, -0.1) is 11.8 Å². The Kier molecular flexibility index (Phi) is 25.4. The lowest BCUT2D eigenvalue weighted by Gasteiger charge is -2.33. The summed E-state index contributed by atoms with van der Waals surface area (Å²) in [6, 6.07) is 7.00. The molecule has 2 aromatic carbocycles. The zero-order valence-electron chi connectivity index (χ0n) is 56.2. The molecule has 2 aromatic heterocycles. The molecule has 0 spiro atoms. The maximum atomic E-state index is 13.5. The number of hydrogen-bond donors (Lipinski definition) is 1. The standard InChI is InChI=1S/C21H29ClN2O5S.C21H29ClN2O3S.C11H21NO5S.C10H19NO3/c1-20(2,3)18-23-15-8-7-14(22)17(16(15)28-18)30(26,27)13-9-11-24(12-10-13)19(25)29-21(4,5)6;1-20(2,3)18-23-15-8-7-14(22)17(16(15)26-18)28-13-9-11-24(12-10-13)19(25)27-21(4,5)6;1-11(2,3)16-10(13)12-7-5-9(6-8-12)17-18(4,14)15;1-10(2,3)14-9(13)11-6-4-8(12)5-7-11/h7-8,13H,9-12H2,1-6H3;7-8,13H,9-12H2,1-6H3;9H,5-8H2,1-4H3;8,12H,4-7H2,1-3H3. The maximum absolute atomic E-state index is 13.5. The van der Waals surface area contributed by atoms with Crippen LogP contribution in [0.15, 0.2) is 42.9 Å². The van der Waals surface area contributed by atoms with E-state index in [2.05, 4.69) is 30.7 Å². The van der Waals surface area contributed by atoms with Gasteiger partial charge in [-0.25, -0.2) is 37.6 Å². The summed E-state index contributed by atoms with van der Waals surface area (Å²) in [5.41, 5.74) is -0.290. The summed E-state index contributed by atoms with van der Waals surface area (Å²) in [5, 5.41) is 9.77. The quantitative estimate of drug-likeness (QED) is 0.139. The molecule has 4 aliphatic rings. The first-order chi connectivity index (χ1) is 41.1. The van der Waals surface area contributed by atoms with E-state index in [0.29, 0.717) is 118 Å². The monoisotopic (exact) mass is 1360 g/mol. The molecule has 8 rings (SSSR count). The van der Waals surface area contributed by atoms with Crippen molar-refractivity contribution >= 4 is 101 Å². The molecule has 4 saturated heterocycles. The van der Waals surface area contributed by atoms with Gasteiger partial charge in [0.1, 0.15) is 38.3 Å². The summed E-state index contributed by atoms with van der Waals surface area (Å²) < 4.78 is 87.1. The van der Waals surface area contributed by atoms with Gasteiger partial charge in [0.2, 0.25) is 11.8 Å². The Hall–Kier alpha value is -4.79. The van der Waals surface area contributed by atoms with Gasteiger partial charge in [0.25, 0.3) is 10.1 Å². The number of fused-ring (bicyclic) bond motifs is 2. The van der Waals surface area contributed by atoms with Crippen LogP contribution in [0.2, 0.25) is 10.0 Å². The second kappa shape index (κ2) is 30.1. The van der Waals surface area contributed by atoms with Gasteiger partial charge in [0.05, 0.1) is 38.7 Å². The van der Waals surface area contributed by atoms with E-state index in [0.717, 1.165) is 35.1 Å². The smallest absolute Gasteiger partial charge is 0.410 e. The number of thioether (sulfide) groups is 1. The molecule has 0 bridgehead atoms. The number of likely N-dealkylation sites (tertiary alicyclic amines) is 4. The summed E-state index contributed by atoms with van der Waals surface area (Å²) >= 11 is 14.6. The lowest BCUT2D eigenvalue weighted by molar-refractivity contribution is 0.00955. The summed E-state index contributed by atoms with van der Waals surface area (Å²) in [6.07, 6.45) is 3.84. The molecule has 6 heterocycles. The molecule has 1 N–H and O–H groups in total. The number of benzene rings is 2. The van der Waals surface area contributed by atoms with Crippen LogP contribution in [-0.2, 0) is 53.9 Å². The Morgan fingerprint density at radius 3 is 1.21 bits per heavy atom. The van der Waals surface area contributed by atoms with E-state index in [1.165, 1.54) is 0 Å². The van der Waals surface area contributed by atoms with E-state index in [4.69, 9.17) is 55.2 Å². The number of aromatic nitrogens is 2. The zero-order valence-corrected chi connectivity index (χ0v) is 60.1. The number of rotatable bonds is 6. The van der Waals surface area contributed by atoms with Crippen molar-refractivity contribution in [2.24, 2.45) is 0 Å². The van der Waals surface area contributed by atoms with Gasteiger partial charge in [-0.2, -0.15) is 8.42 Å². The summed E-state index contributed by atoms with van der Waals surface area (Å²) in [6.45, 7) is 38.2. The molecule has 4 fully saturated rings. The third-order valence-corrected chi connectivity index (χ3v) is 19.2. The molecule has 4 amide bonds. The number of oxazole rings is 2. The number of aliphatic hydroxyl groups is 1. The van der Waals surface area contributed by atoms with E-state index in [9.17, 15) is 41.1 Å². The van der Waals surface area contributed by atoms with Crippen LogP contribution in [0.5, 0.6) is 0 Å². The SMILES string of the molecule is CC(C)(C)OC(=O)N1CCC(O)CC1.CC(C)(C)OC(=O)N1CCC(OS(C)(=O)=O)CC1.CC(C)(C)OC(=O)N1CCC(S(=O)(=O)c2c(Cl)ccc3nc(C(C)(C)C)oc23)CC1.CC(C)(C)OC(=O)N1CCC(Sc2c(Cl)ccc3nc(C(C)(C)C)oc23)CC1. The second-order valence-corrected chi connectivity index (χ2v) is 35.0. The van der Waals surface area contributed by atoms with Crippen molar-refractivity contribution in [3.8, 4) is 0 Å². The Balaban J connectivity index is 0.000000227. The largest absolute Gasteiger partial charge is 0.444 e. The lowest BCUT2D eigenvalue weighted by atomic mass is 9.97. The molecule has 0 saturated carbocycles. The first-order valence-corrected chi connectivity index (χ1v) is 35.7. The third-order valence-electron chi connectivity index (χ3n) is 13.9. The number of carbonyl (C=O) groups is 4. The topological polar surface area (TPSA) is 268 Å². The zero-order chi connectivity index (χ0) is 67.9. The number of nitrogens with zero attached hydrogens (tertiary/aromatic N) is 6. The van der Waals surface area contributed by atoms with Crippen molar-refractivity contribution in [2.45, 2.75) is 242 Å². The minimum atomic E-state index is -3.78. The molecule has 22 nitrogen and oxygen atoms in total. The number of amides is 4. The van der Waals surface area contributed by atoms with Crippen molar-refractivity contribution in [3.05, 3.63) is 46.1 Å². The first kappa shape index (κ1) is 75.9. The van der Waals surface area contributed by atoms with Gasteiger partial charge in [-0.1, -0.05) is 64.7 Å². The van der Waals surface area contributed by atoms with Crippen LogP contribution >= 0.6 is 35.0 Å². The minimum Gasteiger partial charge on any atom is -0.444 e. The van der Waals surface area contributed by atoms with Crippen molar-refractivity contribution in [1.82, 2.24) is 29.6 Å². The minimum absolute atomic E-state index is 0.0135. The summed E-state index contributed by atoms with van der Waals surface area (Å²) in [4.78, 5) is 64.4. The highest BCUT2D eigenvalue weighted by molar-refractivity contribution is 8.00. The average Bonchev–Trinajstić information content (AvgIpc) is 1.49. The number of aliphatic hydroxyl groups excluding tert-OH is 1. The van der Waals surface area contributed by atoms with Crippen molar-refractivity contribution in [1.29, 1.82) is 0 Å². The molecule has 27 heteroatoms. The number of halogens is 2. The van der Waals surface area contributed by atoms with Gasteiger partial charge in [0.15, 0.2) is 21.0 Å². The Labute approximate surface area is 547 Å². The normalized spacial score (nSPS) is 17.6. The first-order valence-electron chi connectivity index (χ1n) is 30.7. The van der Waals surface area contributed by atoms with Crippen molar-refractivity contribution < 1.29 is 73.1 Å². The third kappa shape index (κ3) is 23.6. The predicted octanol–water partition coefficient (Wildman–Crippen LogP) is 14.0. The molecule has 0 aliphatic carbocycles. The summed E-state index contributed by atoms with van der Waals surface area (Å²) in [5.74, 6) is 1.17. The number of hydrogen-bond acceptors (Lipinski definition) is 19. The molecular formula is C63H98Cl2N6O16S3. The van der Waals surface area contributed by atoms with Crippen LogP contribution in [0.4, 0.5) is 19.2 Å². The van der Waals surface area contributed by atoms with Gasteiger partial charge in [-0.3, -0.25) is 4.18 Å². The van der Waals surface area contributed by atoms with Crippen LogP contribution < -0.4 is 0 Å². The van der Waals surface area contributed by atoms with E-state index in [1.807, 2.05) is 95.2 Å². The molecule has 0 radical (unpaired) electrons. The highest BCUT2D eigenvalue weighted by atomic mass is 35.5. The van der Waals surface area contributed by atoms with Crippen LogP contribution in [0.25, 0.3) is 22.2 Å². The Morgan fingerprint density at radius 2 is 0.844 bits per heavy atom. The van der Waals surface area contributed by atoms with Gasteiger partial charge in [0, 0.05) is 68.4 Å². The molecular weight excluding hydrogens is 1260 g/mol. The second-order valence-electron chi connectivity index (χ2n) is 29.1. The van der Waals surface area contributed by atoms with Crippen LogP contribution in [0, 0.1) is 0 Å². The fourth-order valence-corrected chi connectivity index (χ4v) is 14.0. The lowest BCUT2D eigenvalue weighted by Crippen LogP contribution is -2.44. The number of sulfone groups is 1. The fourth-order valence-electron chi connectivity index (χ4n) is 9.48. The number of ether oxygens (including phenoxy) is 4.